The average Bonchev–Trinajstić information content (AvgIpc) is 3.28. The number of carbonyl (C=O) groups excluding carboxylic acids is 1. The summed E-state index contributed by atoms with van der Waals surface area (Å²) in [5.41, 5.74) is 1.96. The number of ether oxygens (including phenoxy) is 2. The maximum absolute atomic E-state index is 12.3. The van der Waals surface area contributed by atoms with Gasteiger partial charge in [0, 0.05) is 25.5 Å². The van der Waals surface area contributed by atoms with Crippen LogP contribution in [0.25, 0.3) is 0 Å². The molecule has 1 aliphatic carbocycles. The van der Waals surface area contributed by atoms with E-state index in [-0.39, 0.29) is 24.2 Å². The lowest BCUT2D eigenvalue weighted by molar-refractivity contribution is -0.121. The van der Waals surface area contributed by atoms with Crippen LogP contribution in [0.3, 0.4) is 0 Å². The van der Waals surface area contributed by atoms with Crippen molar-refractivity contribution in [2.45, 2.75) is 51.0 Å². The zero-order valence-corrected chi connectivity index (χ0v) is 18.2. The third-order valence-electron chi connectivity index (χ3n) is 5.76. The SMILES string of the molecule is COc1ccc(CC(CO)CNC(=O)CCc2cccc(OC3CCCC3)c2)cc1O. The third-order valence-corrected chi connectivity index (χ3v) is 5.76. The minimum Gasteiger partial charge on any atom is -0.504 e. The summed E-state index contributed by atoms with van der Waals surface area (Å²) < 4.78 is 11.1. The van der Waals surface area contributed by atoms with Gasteiger partial charge in [0.25, 0.3) is 0 Å². The molecule has 2 aromatic carbocycles. The van der Waals surface area contributed by atoms with Crippen LogP contribution in [-0.4, -0.2) is 42.5 Å². The molecule has 2 aromatic rings. The van der Waals surface area contributed by atoms with Crippen molar-refractivity contribution in [1.29, 1.82) is 0 Å². The van der Waals surface area contributed by atoms with Gasteiger partial charge in [-0.05, 0) is 73.9 Å². The second-order valence-electron chi connectivity index (χ2n) is 8.23. The van der Waals surface area contributed by atoms with Gasteiger partial charge in [-0.2, -0.15) is 0 Å². The van der Waals surface area contributed by atoms with Crippen molar-refractivity contribution in [3.8, 4) is 17.2 Å². The quantitative estimate of drug-likeness (QED) is 0.510. The van der Waals surface area contributed by atoms with Gasteiger partial charge in [0.15, 0.2) is 11.5 Å². The first-order chi connectivity index (χ1) is 15.1. The van der Waals surface area contributed by atoms with E-state index in [0.717, 1.165) is 29.7 Å². The maximum atomic E-state index is 12.3. The second-order valence-corrected chi connectivity index (χ2v) is 8.23. The van der Waals surface area contributed by atoms with Crippen molar-refractivity contribution in [2.75, 3.05) is 20.3 Å². The van der Waals surface area contributed by atoms with Crippen molar-refractivity contribution in [3.63, 3.8) is 0 Å². The summed E-state index contributed by atoms with van der Waals surface area (Å²) in [6.45, 7) is 0.334. The van der Waals surface area contributed by atoms with E-state index in [0.29, 0.717) is 37.7 Å². The molecular formula is C25H33NO5. The number of aromatic hydroxyl groups is 1. The molecule has 0 aliphatic heterocycles. The van der Waals surface area contributed by atoms with E-state index in [1.807, 2.05) is 30.3 Å². The predicted molar refractivity (Wildman–Crippen MR) is 120 cm³/mol. The molecule has 6 heteroatoms. The second kappa shape index (κ2) is 11.6. The van der Waals surface area contributed by atoms with Gasteiger partial charge in [0.1, 0.15) is 5.75 Å². The van der Waals surface area contributed by atoms with E-state index >= 15 is 0 Å². The molecule has 3 rings (SSSR count). The molecule has 31 heavy (non-hydrogen) atoms. The monoisotopic (exact) mass is 427 g/mol. The molecule has 0 heterocycles. The fourth-order valence-electron chi connectivity index (χ4n) is 3.97. The zero-order valence-electron chi connectivity index (χ0n) is 18.2. The van der Waals surface area contributed by atoms with Crippen LogP contribution >= 0.6 is 0 Å². The van der Waals surface area contributed by atoms with Crippen LogP contribution < -0.4 is 14.8 Å². The summed E-state index contributed by atoms with van der Waals surface area (Å²) in [5.74, 6) is 1.20. The van der Waals surface area contributed by atoms with E-state index in [1.165, 1.54) is 20.0 Å². The molecular weight excluding hydrogens is 394 g/mol. The summed E-state index contributed by atoms with van der Waals surface area (Å²) in [6.07, 6.45) is 6.61. The Hall–Kier alpha value is -2.73. The van der Waals surface area contributed by atoms with Gasteiger partial charge in [-0.1, -0.05) is 18.2 Å². The highest BCUT2D eigenvalue weighted by Crippen LogP contribution is 2.27. The molecule has 0 saturated heterocycles. The highest BCUT2D eigenvalue weighted by Gasteiger charge is 2.17. The minimum absolute atomic E-state index is 0.0434. The highest BCUT2D eigenvalue weighted by atomic mass is 16.5. The number of rotatable bonds is 11. The number of aryl methyl sites for hydroxylation is 1. The Bertz CT molecular complexity index is 848. The largest absolute Gasteiger partial charge is 0.504 e. The molecule has 6 nitrogen and oxygen atoms in total. The van der Waals surface area contributed by atoms with Crippen molar-refractivity contribution < 1.29 is 24.5 Å². The Morgan fingerprint density at radius 2 is 1.97 bits per heavy atom. The summed E-state index contributed by atoms with van der Waals surface area (Å²) in [6, 6.07) is 13.2. The Kier molecular flexibility index (Phi) is 8.59. The van der Waals surface area contributed by atoms with Gasteiger partial charge in [-0.3, -0.25) is 4.79 Å². The van der Waals surface area contributed by atoms with Crippen LogP contribution in [0.5, 0.6) is 17.2 Å². The number of phenols is 1. The number of aliphatic hydroxyl groups is 1. The Labute approximate surface area is 184 Å². The Morgan fingerprint density at radius 3 is 2.68 bits per heavy atom. The molecule has 0 aromatic heterocycles. The van der Waals surface area contributed by atoms with E-state index in [4.69, 9.17) is 9.47 Å². The number of nitrogens with one attached hydrogen (secondary N) is 1. The number of hydrogen-bond acceptors (Lipinski definition) is 5. The van der Waals surface area contributed by atoms with Crippen molar-refractivity contribution >= 4 is 5.91 Å². The predicted octanol–water partition coefficient (Wildman–Crippen LogP) is 3.62. The van der Waals surface area contributed by atoms with Crippen LogP contribution in [0.1, 0.15) is 43.2 Å². The number of aliphatic hydroxyl groups excluding tert-OH is 1. The Morgan fingerprint density at radius 1 is 1.16 bits per heavy atom. The lowest BCUT2D eigenvalue weighted by Crippen LogP contribution is -2.32. The normalized spacial score (nSPS) is 14.9. The molecule has 1 saturated carbocycles. The first-order valence-electron chi connectivity index (χ1n) is 11.1. The number of phenolic OH excluding ortho intramolecular Hbond substituents is 1. The summed E-state index contributed by atoms with van der Waals surface area (Å²) >= 11 is 0. The lowest BCUT2D eigenvalue weighted by Gasteiger charge is -2.16. The highest BCUT2D eigenvalue weighted by molar-refractivity contribution is 5.76. The Balaban J connectivity index is 1.43. The molecule has 168 valence electrons. The van der Waals surface area contributed by atoms with E-state index in [1.54, 1.807) is 12.1 Å². The van der Waals surface area contributed by atoms with Crippen molar-refractivity contribution in [2.24, 2.45) is 5.92 Å². The van der Waals surface area contributed by atoms with Gasteiger partial charge < -0.3 is 25.0 Å². The fraction of sp³-hybridized carbons (Fsp3) is 0.480. The number of amides is 1. The van der Waals surface area contributed by atoms with Crippen LogP contribution in [0, 0.1) is 5.92 Å². The van der Waals surface area contributed by atoms with Crippen LogP contribution in [0.2, 0.25) is 0 Å². The molecule has 1 fully saturated rings. The topological polar surface area (TPSA) is 88.0 Å². The smallest absolute Gasteiger partial charge is 0.220 e. The standard InChI is InChI=1S/C25H33NO5/c1-30-24-11-9-19(15-23(24)28)13-20(17-27)16-26-25(29)12-10-18-5-4-8-22(14-18)31-21-6-2-3-7-21/h4-5,8-9,11,14-15,20-21,27-28H,2-3,6-7,10,12-13,16-17H2,1H3,(H,26,29). The average molecular weight is 428 g/mol. The number of hydrogen-bond donors (Lipinski definition) is 3. The summed E-state index contributed by atoms with van der Waals surface area (Å²) in [4.78, 5) is 12.3. The number of carbonyl (C=O) groups is 1. The molecule has 3 N–H and O–H groups in total. The van der Waals surface area contributed by atoms with Gasteiger partial charge in [0.2, 0.25) is 5.91 Å². The maximum Gasteiger partial charge on any atom is 0.220 e. The van der Waals surface area contributed by atoms with Crippen molar-refractivity contribution in [1.82, 2.24) is 5.32 Å². The molecule has 0 radical (unpaired) electrons. The van der Waals surface area contributed by atoms with E-state index in [9.17, 15) is 15.0 Å². The lowest BCUT2D eigenvalue weighted by atomic mass is 9.99. The number of methoxy groups -OCH3 is 1. The van der Waals surface area contributed by atoms with Gasteiger partial charge in [-0.25, -0.2) is 0 Å². The molecule has 0 spiro atoms. The first kappa shape index (κ1) is 22.9. The van der Waals surface area contributed by atoms with Gasteiger partial charge >= 0.3 is 0 Å². The van der Waals surface area contributed by atoms with Crippen LogP contribution in [0.15, 0.2) is 42.5 Å². The van der Waals surface area contributed by atoms with Gasteiger partial charge in [0.05, 0.1) is 13.2 Å². The molecule has 1 aliphatic rings. The van der Waals surface area contributed by atoms with E-state index in [2.05, 4.69) is 5.32 Å². The fourth-order valence-corrected chi connectivity index (χ4v) is 3.97. The zero-order chi connectivity index (χ0) is 22.1. The van der Waals surface area contributed by atoms with E-state index < -0.39 is 0 Å². The van der Waals surface area contributed by atoms with Crippen molar-refractivity contribution in [3.05, 3.63) is 53.6 Å². The number of benzene rings is 2. The first-order valence-corrected chi connectivity index (χ1v) is 11.1. The molecule has 0 bridgehead atoms. The molecule has 1 unspecified atom stereocenters. The minimum atomic E-state index is -0.125. The van der Waals surface area contributed by atoms with Crippen LogP contribution in [-0.2, 0) is 17.6 Å². The molecule has 1 amide bonds. The van der Waals surface area contributed by atoms with Crippen LogP contribution in [0.4, 0.5) is 0 Å². The summed E-state index contributed by atoms with van der Waals surface area (Å²) in [7, 11) is 1.50. The molecule has 1 atom stereocenters. The summed E-state index contributed by atoms with van der Waals surface area (Å²) in [5, 5.41) is 22.5. The van der Waals surface area contributed by atoms with Gasteiger partial charge in [-0.15, -0.1) is 0 Å². The third kappa shape index (κ3) is 7.17.